The summed E-state index contributed by atoms with van der Waals surface area (Å²) in [6.45, 7) is 4.74. The van der Waals surface area contributed by atoms with E-state index in [1.807, 2.05) is 0 Å². The summed E-state index contributed by atoms with van der Waals surface area (Å²) in [5, 5.41) is 0. The predicted molar refractivity (Wildman–Crippen MR) is 53.5 cm³/mol. The van der Waals surface area contributed by atoms with Crippen LogP contribution in [-0.2, 0) is 4.79 Å². The van der Waals surface area contributed by atoms with E-state index in [2.05, 4.69) is 13.8 Å². The lowest BCUT2D eigenvalue weighted by molar-refractivity contribution is -0.127. The molecule has 3 atom stereocenters. The van der Waals surface area contributed by atoms with E-state index in [1.165, 1.54) is 19.3 Å². The average molecular weight is 180 g/mol. The molecule has 13 heavy (non-hydrogen) atoms. The van der Waals surface area contributed by atoms with Crippen LogP contribution in [0, 0.1) is 17.3 Å². The minimum Gasteiger partial charge on any atom is -0.300 e. The van der Waals surface area contributed by atoms with Crippen molar-refractivity contribution < 1.29 is 4.79 Å². The lowest BCUT2D eigenvalue weighted by Crippen LogP contribution is -2.41. The normalized spacial score (nSPS) is 45.8. The van der Waals surface area contributed by atoms with Crippen LogP contribution in [0.2, 0.25) is 0 Å². The van der Waals surface area contributed by atoms with E-state index >= 15 is 0 Å². The van der Waals surface area contributed by atoms with Crippen molar-refractivity contribution in [3.63, 3.8) is 0 Å². The van der Waals surface area contributed by atoms with E-state index in [-0.39, 0.29) is 0 Å². The van der Waals surface area contributed by atoms with Crippen molar-refractivity contribution in [1.29, 1.82) is 0 Å². The Hall–Kier alpha value is -0.330. The lowest BCUT2D eigenvalue weighted by atomic mass is 9.57. The molecule has 2 aliphatic rings. The molecule has 0 spiro atoms. The van der Waals surface area contributed by atoms with Crippen molar-refractivity contribution in [2.45, 2.75) is 52.4 Å². The van der Waals surface area contributed by atoms with Gasteiger partial charge in [0.25, 0.3) is 0 Å². The van der Waals surface area contributed by atoms with Gasteiger partial charge in [-0.3, -0.25) is 4.79 Å². The van der Waals surface area contributed by atoms with Crippen molar-refractivity contribution in [1.82, 2.24) is 0 Å². The van der Waals surface area contributed by atoms with Crippen LogP contribution < -0.4 is 0 Å². The van der Waals surface area contributed by atoms with E-state index in [4.69, 9.17) is 0 Å². The van der Waals surface area contributed by atoms with Crippen molar-refractivity contribution in [3.05, 3.63) is 0 Å². The largest absolute Gasteiger partial charge is 0.300 e. The fraction of sp³-hybridized carbons (Fsp3) is 0.917. The van der Waals surface area contributed by atoms with Gasteiger partial charge in [0.2, 0.25) is 0 Å². The second-order valence-electron chi connectivity index (χ2n) is 5.37. The van der Waals surface area contributed by atoms with Crippen LogP contribution >= 0.6 is 0 Å². The standard InChI is InChI=1S/C12H20O/c1-9-4-3-6-12(2)7-5-10(13)8-11(9)12/h9,11H,3-8H2,1-2H3/t9-,11-,12-/m0/s1. The summed E-state index contributed by atoms with van der Waals surface area (Å²) in [7, 11) is 0. The van der Waals surface area contributed by atoms with Crippen molar-refractivity contribution >= 4 is 5.78 Å². The Balaban J connectivity index is 2.17. The highest BCUT2D eigenvalue weighted by Gasteiger charge is 2.43. The molecule has 1 nitrogen and oxygen atoms in total. The molecular formula is C12H20O. The van der Waals surface area contributed by atoms with Crippen molar-refractivity contribution in [2.24, 2.45) is 17.3 Å². The maximum Gasteiger partial charge on any atom is 0.133 e. The van der Waals surface area contributed by atoms with Crippen LogP contribution in [0.1, 0.15) is 52.4 Å². The maximum atomic E-state index is 11.4. The summed E-state index contributed by atoms with van der Waals surface area (Å²) >= 11 is 0. The molecule has 2 aliphatic carbocycles. The Morgan fingerprint density at radius 1 is 1.38 bits per heavy atom. The molecule has 0 aromatic rings. The summed E-state index contributed by atoms with van der Waals surface area (Å²) in [4.78, 5) is 11.4. The van der Waals surface area contributed by atoms with Crippen LogP contribution in [0.5, 0.6) is 0 Å². The Morgan fingerprint density at radius 3 is 2.92 bits per heavy atom. The van der Waals surface area contributed by atoms with E-state index in [9.17, 15) is 4.79 Å². The van der Waals surface area contributed by atoms with Gasteiger partial charge in [0, 0.05) is 12.8 Å². The Morgan fingerprint density at radius 2 is 2.15 bits per heavy atom. The Labute approximate surface area is 80.9 Å². The average Bonchev–Trinajstić information content (AvgIpc) is 2.08. The predicted octanol–water partition coefficient (Wildman–Crippen LogP) is 3.18. The number of ketones is 1. The second-order valence-corrected chi connectivity index (χ2v) is 5.37. The zero-order valence-corrected chi connectivity index (χ0v) is 8.81. The summed E-state index contributed by atoms with van der Waals surface area (Å²) in [6, 6.07) is 0. The number of Topliss-reactive ketones (excluding diaryl/α,β-unsaturated/α-hetero) is 1. The zero-order chi connectivity index (χ0) is 9.47. The summed E-state index contributed by atoms with van der Waals surface area (Å²) in [5.74, 6) is 1.99. The molecule has 0 aromatic carbocycles. The first kappa shape index (κ1) is 9.23. The number of carbonyl (C=O) groups is 1. The third-order valence-electron chi connectivity index (χ3n) is 4.41. The van der Waals surface area contributed by atoms with E-state index < -0.39 is 0 Å². The van der Waals surface area contributed by atoms with Crippen LogP contribution in [0.4, 0.5) is 0 Å². The fourth-order valence-electron chi connectivity index (χ4n) is 3.43. The first-order valence-electron chi connectivity index (χ1n) is 5.63. The van der Waals surface area contributed by atoms with Gasteiger partial charge in [-0.25, -0.2) is 0 Å². The van der Waals surface area contributed by atoms with Gasteiger partial charge in [0.15, 0.2) is 0 Å². The topological polar surface area (TPSA) is 17.1 Å². The molecule has 0 saturated heterocycles. The molecule has 0 aromatic heterocycles. The smallest absolute Gasteiger partial charge is 0.133 e. The molecule has 2 rings (SSSR count). The molecule has 2 saturated carbocycles. The van der Waals surface area contributed by atoms with Gasteiger partial charge >= 0.3 is 0 Å². The highest BCUT2D eigenvalue weighted by atomic mass is 16.1. The highest BCUT2D eigenvalue weighted by Crippen LogP contribution is 2.51. The van der Waals surface area contributed by atoms with E-state index in [1.54, 1.807) is 0 Å². The zero-order valence-electron chi connectivity index (χ0n) is 8.81. The monoisotopic (exact) mass is 180 g/mol. The molecule has 1 heteroatoms. The minimum absolute atomic E-state index is 0.506. The molecular weight excluding hydrogens is 160 g/mol. The molecule has 0 N–H and O–H groups in total. The van der Waals surface area contributed by atoms with Crippen LogP contribution in [0.15, 0.2) is 0 Å². The quantitative estimate of drug-likeness (QED) is 0.559. The van der Waals surface area contributed by atoms with Crippen LogP contribution in [0.3, 0.4) is 0 Å². The Kier molecular flexibility index (Phi) is 2.21. The third-order valence-corrected chi connectivity index (χ3v) is 4.41. The van der Waals surface area contributed by atoms with Gasteiger partial charge in [-0.2, -0.15) is 0 Å². The number of hydrogen-bond donors (Lipinski definition) is 0. The third kappa shape index (κ3) is 1.53. The molecule has 0 heterocycles. The van der Waals surface area contributed by atoms with Gasteiger partial charge in [-0.1, -0.05) is 26.7 Å². The fourth-order valence-corrected chi connectivity index (χ4v) is 3.43. The lowest BCUT2D eigenvalue weighted by Gasteiger charge is -2.48. The first-order valence-corrected chi connectivity index (χ1v) is 5.63. The van der Waals surface area contributed by atoms with Crippen LogP contribution in [-0.4, -0.2) is 5.78 Å². The van der Waals surface area contributed by atoms with Crippen LogP contribution in [0.25, 0.3) is 0 Å². The summed E-state index contributed by atoms with van der Waals surface area (Å²) in [5.41, 5.74) is 0.506. The van der Waals surface area contributed by atoms with Gasteiger partial charge < -0.3 is 0 Å². The maximum absolute atomic E-state index is 11.4. The molecule has 0 bridgehead atoms. The Bertz CT molecular complexity index is 221. The SMILES string of the molecule is C[C@H]1CCC[C@@]2(C)CCC(=O)C[C@@H]12. The molecule has 2 fully saturated rings. The molecule has 0 amide bonds. The highest BCUT2D eigenvalue weighted by molar-refractivity contribution is 5.79. The summed E-state index contributed by atoms with van der Waals surface area (Å²) < 4.78 is 0. The first-order chi connectivity index (χ1) is 6.12. The summed E-state index contributed by atoms with van der Waals surface area (Å²) in [6.07, 6.45) is 6.95. The van der Waals surface area contributed by atoms with Crippen molar-refractivity contribution in [3.8, 4) is 0 Å². The number of carbonyl (C=O) groups excluding carboxylic acids is 1. The van der Waals surface area contributed by atoms with Crippen molar-refractivity contribution in [2.75, 3.05) is 0 Å². The number of hydrogen-bond acceptors (Lipinski definition) is 1. The molecule has 0 unspecified atom stereocenters. The number of rotatable bonds is 0. The van der Waals surface area contributed by atoms with E-state index in [0.29, 0.717) is 17.1 Å². The van der Waals surface area contributed by atoms with Gasteiger partial charge in [0.05, 0.1) is 0 Å². The minimum atomic E-state index is 0.506. The van der Waals surface area contributed by atoms with E-state index in [0.717, 1.165) is 25.2 Å². The molecule has 0 aliphatic heterocycles. The van der Waals surface area contributed by atoms with Gasteiger partial charge in [-0.05, 0) is 30.1 Å². The molecule has 74 valence electrons. The van der Waals surface area contributed by atoms with Gasteiger partial charge in [-0.15, -0.1) is 0 Å². The second kappa shape index (κ2) is 3.11. The van der Waals surface area contributed by atoms with Gasteiger partial charge in [0.1, 0.15) is 5.78 Å². The molecule has 0 radical (unpaired) electrons. The number of fused-ring (bicyclic) bond motifs is 1.